The summed E-state index contributed by atoms with van der Waals surface area (Å²) in [6, 6.07) is 4.59. The molecule has 0 bridgehead atoms. The average molecular weight is 263 g/mol. The molecule has 0 heterocycles. The fourth-order valence-electron chi connectivity index (χ4n) is 1.31. The Balaban J connectivity index is 2.84. The molecule has 0 saturated heterocycles. The van der Waals surface area contributed by atoms with Crippen LogP contribution in [-0.4, -0.2) is 25.5 Å². The number of primary amides is 1. The van der Waals surface area contributed by atoms with Gasteiger partial charge in [0.2, 0.25) is 0 Å². The first kappa shape index (κ1) is 14.6. The molecule has 2 amide bonds. The quantitative estimate of drug-likeness (QED) is 0.445. The van der Waals surface area contributed by atoms with E-state index in [4.69, 9.17) is 15.2 Å². The number of hydrogen-bond donors (Lipinski definition) is 2. The van der Waals surface area contributed by atoms with Gasteiger partial charge >= 0.3 is 6.03 Å². The Kier molecular flexibility index (Phi) is 5.94. The summed E-state index contributed by atoms with van der Waals surface area (Å²) in [6.07, 6.45) is 3.12. The van der Waals surface area contributed by atoms with Crippen LogP contribution in [0.1, 0.15) is 12.5 Å². The molecule has 19 heavy (non-hydrogen) atoms. The Bertz CT molecular complexity index is 472. The zero-order valence-corrected chi connectivity index (χ0v) is 10.8. The van der Waals surface area contributed by atoms with Crippen molar-refractivity contribution in [3.05, 3.63) is 36.4 Å². The topological polar surface area (TPSA) is 85.9 Å². The zero-order valence-electron chi connectivity index (χ0n) is 10.8. The first-order valence-corrected chi connectivity index (χ1v) is 5.76. The molecule has 0 aliphatic heterocycles. The molecule has 0 aliphatic rings. The van der Waals surface area contributed by atoms with Gasteiger partial charge in [0.05, 0.1) is 12.8 Å². The number of amides is 2. The number of nitrogens with one attached hydrogen (secondary N) is 1. The molecule has 0 atom stereocenters. The fraction of sp³-hybridized carbons (Fsp3) is 0.231. The highest BCUT2D eigenvalue weighted by Gasteiger charge is 2.05. The van der Waals surface area contributed by atoms with Crippen LogP contribution in [0, 0.1) is 0 Å². The second kappa shape index (κ2) is 7.75. The molecule has 0 unspecified atom stereocenters. The molecule has 1 rings (SSSR count). The molecule has 0 aliphatic carbocycles. The van der Waals surface area contributed by atoms with E-state index in [1.165, 1.54) is 6.21 Å². The van der Waals surface area contributed by atoms with Gasteiger partial charge in [0.1, 0.15) is 6.61 Å². The van der Waals surface area contributed by atoms with Gasteiger partial charge in [-0.2, -0.15) is 5.10 Å². The van der Waals surface area contributed by atoms with E-state index in [1.807, 2.05) is 6.92 Å². The van der Waals surface area contributed by atoms with E-state index in [-0.39, 0.29) is 0 Å². The molecular weight excluding hydrogens is 246 g/mol. The van der Waals surface area contributed by atoms with E-state index < -0.39 is 6.03 Å². The summed E-state index contributed by atoms with van der Waals surface area (Å²) in [7, 11) is 0. The van der Waals surface area contributed by atoms with E-state index in [2.05, 4.69) is 17.1 Å². The van der Waals surface area contributed by atoms with Crippen LogP contribution in [0.4, 0.5) is 4.79 Å². The predicted octanol–water partition coefficient (Wildman–Crippen LogP) is 1.65. The van der Waals surface area contributed by atoms with Crippen molar-refractivity contribution in [3.63, 3.8) is 0 Å². The lowest BCUT2D eigenvalue weighted by Crippen LogP contribution is -2.24. The van der Waals surface area contributed by atoms with E-state index >= 15 is 0 Å². The Morgan fingerprint density at radius 1 is 1.47 bits per heavy atom. The Labute approximate surface area is 111 Å². The van der Waals surface area contributed by atoms with Gasteiger partial charge in [-0.05, 0) is 30.7 Å². The summed E-state index contributed by atoms with van der Waals surface area (Å²) in [5.74, 6) is 1.23. The largest absolute Gasteiger partial charge is 0.490 e. The minimum Gasteiger partial charge on any atom is -0.490 e. The van der Waals surface area contributed by atoms with Crippen molar-refractivity contribution in [2.45, 2.75) is 6.92 Å². The van der Waals surface area contributed by atoms with Crippen molar-refractivity contribution >= 4 is 12.2 Å². The second-order valence-electron chi connectivity index (χ2n) is 3.47. The Morgan fingerprint density at radius 2 is 2.26 bits per heavy atom. The third-order valence-electron chi connectivity index (χ3n) is 2.01. The van der Waals surface area contributed by atoms with Crippen molar-refractivity contribution in [1.29, 1.82) is 0 Å². The molecule has 0 radical (unpaired) electrons. The standard InChI is InChI=1S/C13H17N3O3/c1-3-7-19-11-6-5-10(8-12(11)18-4-2)9-15-16-13(14)17/h3,5-6,8-9H,1,4,7H2,2H3,(H3,14,16,17)/b15-9+. The lowest BCUT2D eigenvalue weighted by atomic mass is 10.2. The monoisotopic (exact) mass is 263 g/mol. The number of carbonyl (C=O) groups is 1. The van der Waals surface area contributed by atoms with Crippen molar-refractivity contribution in [1.82, 2.24) is 5.43 Å². The summed E-state index contributed by atoms with van der Waals surface area (Å²) in [4.78, 5) is 10.5. The molecule has 3 N–H and O–H groups in total. The Morgan fingerprint density at radius 3 is 2.89 bits per heavy atom. The summed E-state index contributed by atoms with van der Waals surface area (Å²) < 4.78 is 10.9. The van der Waals surface area contributed by atoms with Crippen LogP contribution in [0.5, 0.6) is 11.5 Å². The second-order valence-corrected chi connectivity index (χ2v) is 3.47. The van der Waals surface area contributed by atoms with Crippen LogP contribution in [-0.2, 0) is 0 Å². The molecule has 1 aromatic carbocycles. The maximum atomic E-state index is 10.5. The van der Waals surface area contributed by atoms with Gasteiger partial charge in [-0.3, -0.25) is 0 Å². The smallest absolute Gasteiger partial charge is 0.332 e. The van der Waals surface area contributed by atoms with E-state index in [0.29, 0.717) is 24.7 Å². The number of nitrogens with zero attached hydrogens (tertiary/aromatic N) is 1. The van der Waals surface area contributed by atoms with Crippen LogP contribution in [0.2, 0.25) is 0 Å². The van der Waals surface area contributed by atoms with Gasteiger partial charge in [-0.15, -0.1) is 0 Å². The van der Waals surface area contributed by atoms with Crippen LogP contribution < -0.4 is 20.6 Å². The molecule has 0 aromatic heterocycles. The van der Waals surface area contributed by atoms with Gasteiger partial charge in [0.15, 0.2) is 11.5 Å². The predicted molar refractivity (Wildman–Crippen MR) is 73.6 cm³/mol. The van der Waals surface area contributed by atoms with Gasteiger partial charge in [-0.25, -0.2) is 10.2 Å². The summed E-state index contributed by atoms with van der Waals surface area (Å²) >= 11 is 0. The van der Waals surface area contributed by atoms with E-state index in [0.717, 1.165) is 5.56 Å². The van der Waals surface area contributed by atoms with Crippen molar-refractivity contribution < 1.29 is 14.3 Å². The number of hydrogen-bond acceptors (Lipinski definition) is 4. The molecular formula is C13H17N3O3. The number of hydrazone groups is 1. The third kappa shape index (κ3) is 5.12. The number of ether oxygens (including phenoxy) is 2. The van der Waals surface area contributed by atoms with Gasteiger partial charge in [-0.1, -0.05) is 12.7 Å². The number of nitrogens with two attached hydrogens (primary N) is 1. The lowest BCUT2D eigenvalue weighted by Gasteiger charge is -2.11. The normalized spacial score (nSPS) is 10.2. The average Bonchev–Trinajstić information content (AvgIpc) is 2.38. The number of benzene rings is 1. The van der Waals surface area contributed by atoms with Gasteiger partial charge in [0.25, 0.3) is 0 Å². The van der Waals surface area contributed by atoms with E-state index in [1.54, 1.807) is 24.3 Å². The highest BCUT2D eigenvalue weighted by atomic mass is 16.5. The van der Waals surface area contributed by atoms with Crippen LogP contribution >= 0.6 is 0 Å². The first-order valence-electron chi connectivity index (χ1n) is 5.76. The maximum absolute atomic E-state index is 10.5. The minimum atomic E-state index is -0.716. The molecule has 1 aromatic rings. The van der Waals surface area contributed by atoms with Crippen LogP contribution in [0.15, 0.2) is 36.0 Å². The molecule has 0 saturated carbocycles. The first-order chi connectivity index (χ1) is 9.17. The summed E-state index contributed by atoms with van der Waals surface area (Å²) in [5.41, 5.74) is 7.77. The summed E-state index contributed by atoms with van der Waals surface area (Å²) in [5, 5.41) is 3.67. The SMILES string of the molecule is C=CCOc1ccc(/C=N/NC(N)=O)cc1OCC. The van der Waals surface area contributed by atoms with Crippen LogP contribution in [0.25, 0.3) is 0 Å². The molecule has 102 valence electrons. The van der Waals surface area contributed by atoms with E-state index in [9.17, 15) is 4.79 Å². The highest BCUT2D eigenvalue weighted by Crippen LogP contribution is 2.28. The van der Waals surface area contributed by atoms with Crippen molar-refractivity contribution in [2.75, 3.05) is 13.2 Å². The molecule has 6 nitrogen and oxygen atoms in total. The van der Waals surface area contributed by atoms with Gasteiger partial charge < -0.3 is 15.2 Å². The highest BCUT2D eigenvalue weighted by molar-refractivity contribution is 5.82. The number of rotatable bonds is 7. The number of urea groups is 1. The molecule has 6 heteroatoms. The fourth-order valence-corrected chi connectivity index (χ4v) is 1.31. The van der Waals surface area contributed by atoms with Crippen molar-refractivity contribution in [2.24, 2.45) is 10.8 Å². The lowest BCUT2D eigenvalue weighted by molar-refractivity contribution is 0.249. The molecule has 0 spiro atoms. The van der Waals surface area contributed by atoms with Crippen molar-refractivity contribution in [3.8, 4) is 11.5 Å². The van der Waals surface area contributed by atoms with Gasteiger partial charge in [0, 0.05) is 0 Å². The Hall–Kier alpha value is -2.50. The van der Waals surface area contributed by atoms with Crippen LogP contribution in [0.3, 0.4) is 0 Å². The number of carbonyl (C=O) groups excluding carboxylic acids is 1. The molecule has 0 fully saturated rings. The zero-order chi connectivity index (χ0) is 14.1. The minimum absolute atomic E-state index is 0.400. The maximum Gasteiger partial charge on any atom is 0.332 e. The summed E-state index contributed by atoms with van der Waals surface area (Å²) in [6.45, 7) is 6.39. The third-order valence-corrected chi connectivity index (χ3v) is 2.01.